The van der Waals surface area contributed by atoms with Crippen molar-refractivity contribution in [3.05, 3.63) is 58.9 Å². The van der Waals surface area contributed by atoms with Crippen LogP contribution in [0.3, 0.4) is 0 Å². The second-order valence-electron chi connectivity index (χ2n) is 6.96. The lowest BCUT2D eigenvalue weighted by atomic mass is 10.2. The predicted octanol–water partition coefficient (Wildman–Crippen LogP) is 4.27. The zero-order valence-corrected chi connectivity index (χ0v) is 16.8. The summed E-state index contributed by atoms with van der Waals surface area (Å²) in [6.07, 6.45) is -4.49. The minimum atomic E-state index is -4.49. The van der Waals surface area contributed by atoms with E-state index in [1.165, 1.54) is 19.2 Å². The molecule has 1 aliphatic heterocycles. The summed E-state index contributed by atoms with van der Waals surface area (Å²) in [5, 5.41) is 3.93. The number of amides is 1. The number of benzene rings is 1. The Balaban J connectivity index is 1.43. The Labute approximate surface area is 174 Å². The molecule has 2 aromatic heterocycles. The van der Waals surface area contributed by atoms with Crippen LogP contribution in [-0.2, 0) is 13.2 Å². The number of hydrogen-bond donors (Lipinski definition) is 0. The zero-order chi connectivity index (χ0) is 21.5. The molecule has 3 heterocycles. The summed E-state index contributed by atoms with van der Waals surface area (Å²) < 4.78 is 52.8. The van der Waals surface area contributed by atoms with Crippen LogP contribution in [0.25, 0.3) is 10.6 Å². The molecule has 0 atom stereocenters. The van der Waals surface area contributed by atoms with E-state index in [1.807, 2.05) is 0 Å². The Bertz CT molecular complexity index is 1050. The van der Waals surface area contributed by atoms with Crippen LogP contribution >= 0.6 is 11.3 Å². The number of rotatable bonds is 3. The molecule has 1 amide bonds. The number of anilines is 1. The zero-order valence-electron chi connectivity index (χ0n) is 16.0. The molecule has 0 N–H and O–H groups in total. The van der Waals surface area contributed by atoms with Crippen LogP contribution in [-0.4, -0.2) is 46.8 Å². The summed E-state index contributed by atoms with van der Waals surface area (Å²) in [4.78, 5) is 17.6. The van der Waals surface area contributed by atoms with Crippen molar-refractivity contribution in [2.75, 3.05) is 31.1 Å². The van der Waals surface area contributed by atoms with Gasteiger partial charge in [0.25, 0.3) is 5.91 Å². The molecule has 5 nitrogen and oxygen atoms in total. The van der Waals surface area contributed by atoms with Crippen molar-refractivity contribution in [2.24, 2.45) is 7.05 Å². The van der Waals surface area contributed by atoms with Gasteiger partial charge < -0.3 is 9.80 Å². The Morgan fingerprint density at radius 3 is 2.30 bits per heavy atom. The highest BCUT2D eigenvalue weighted by molar-refractivity contribution is 7.17. The van der Waals surface area contributed by atoms with Gasteiger partial charge in [0, 0.05) is 38.9 Å². The fourth-order valence-electron chi connectivity index (χ4n) is 3.42. The van der Waals surface area contributed by atoms with Crippen molar-refractivity contribution in [3.8, 4) is 10.6 Å². The fourth-order valence-corrected chi connectivity index (χ4v) is 4.35. The highest BCUT2D eigenvalue weighted by atomic mass is 32.1. The van der Waals surface area contributed by atoms with Crippen molar-refractivity contribution < 1.29 is 22.4 Å². The highest BCUT2D eigenvalue weighted by Crippen LogP contribution is 2.34. The quantitative estimate of drug-likeness (QED) is 0.574. The summed E-state index contributed by atoms with van der Waals surface area (Å²) in [5.74, 6) is -0.451. The van der Waals surface area contributed by atoms with Crippen LogP contribution in [0.15, 0.2) is 42.5 Å². The third-order valence-corrected chi connectivity index (χ3v) is 6.09. The molecule has 3 aromatic rings. The molecule has 30 heavy (non-hydrogen) atoms. The van der Waals surface area contributed by atoms with E-state index in [4.69, 9.17) is 0 Å². The summed E-state index contributed by atoms with van der Waals surface area (Å²) in [7, 11) is 1.24. The van der Waals surface area contributed by atoms with E-state index in [0.29, 0.717) is 35.9 Å². The van der Waals surface area contributed by atoms with E-state index >= 15 is 0 Å². The monoisotopic (exact) mass is 438 g/mol. The number of aryl methyl sites for hydroxylation is 1. The van der Waals surface area contributed by atoms with Crippen LogP contribution in [0.1, 0.15) is 15.4 Å². The first-order valence-electron chi connectivity index (χ1n) is 9.23. The molecule has 158 valence electrons. The smallest absolute Gasteiger partial charge is 0.368 e. The van der Waals surface area contributed by atoms with Crippen molar-refractivity contribution in [3.63, 3.8) is 0 Å². The minimum Gasteiger partial charge on any atom is -0.368 e. The van der Waals surface area contributed by atoms with E-state index in [2.05, 4.69) is 10.00 Å². The fraction of sp³-hybridized carbons (Fsp3) is 0.300. The average molecular weight is 438 g/mol. The first kappa shape index (κ1) is 20.4. The van der Waals surface area contributed by atoms with Crippen LogP contribution in [0.4, 0.5) is 23.2 Å². The number of carbonyl (C=O) groups is 1. The molecule has 0 aliphatic carbocycles. The first-order chi connectivity index (χ1) is 14.2. The van der Waals surface area contributed by atoms with Gasteiger partial charge in [-0.25, -0.2) is 4.39 Å². The minimum absolute atomic E-state index is 0.156. The van der Waals surface area contributed by atoms with Gasteiger partial charge in [-0.2, -0.15) is 18.3 Å². The number of thiophene rings is 1. The Hall–Kier alpha value is -2.88. The Kier molecular flexibility index (Phi) is 5.27. The van der Waals surface area contributed by atoms with Crippen LogP contribution in [0.5, 0.6) is 0 Å². The van der Waals surface area contributed by atoms with Crippen LogP contribution in [0.2, 0.25) is 0 Å². The number of alkyl halides is 3. The standard InChI is InChI=1S/C20H18F4N4OS/c1-26-18(20(22,23)24)12-15(25-26)16-6-7-17(30-16)19(29)28-10-8-27(9-11-28)14-4-2-13(21)3-5-14/h2-7,12H,8-11H2,1H3. The summed E-state index contributed by atoms with van der Waals surface area (Å²) in [6.45, 7) is 2.24. The summed E-state index contributed by atoms with van der Waals surface area (Å²) in [5.41, 5.74) is 0.253. The van der Waals surface area contributed by atoms with Gasteiger partial charge in [-0.15, -0.1) is 11.3 Å². The molecule has 0 radical (unpaired) electrons. The number of halogens is 4. The first-order valence-corrected chi connectivity index (χ1v) is 10.1. The van der Waals surface area contributed by atoms with E-state index in [1.54, 1.807) is 29.2 Å². The molecule has 0 spiro atoms. The molecule has 1 aliphatic rings. The summed E-state index contributed by atoms with van der Waals surface area (Å²) >= 11 is 1.13. The second-order valence-corrected chi connectivity index (χ2v) is 8.04. The largest absolute Gasteiger partial charge is 0.433 e. The number of hydrogen-bond acceptors (Lipinski definition) is 4. The molecule has 1 aromatic carbocycles. The van der Waals surface area contributed by atoms with Gasteiger partial charge in [-0.1, -0.05) is 0 Å². The molecular formula is C20H18F4N4OS. The lowest BCUT2D eigenvalue weighted by Crippen LogP contribution is -2.48. The molecular weight excluding hydrogens is 420 g/mol. The molecule has 0 bridgehead atoms. The molecule has 0 unspecified atom stereocenters. The van der Waals surface area contributed by atoms with Gasteiger partial charge in [0.05, 0.1) is 9.75 Å². The third-order valence-electron chi connectivity index (χ3n) is 5.00. The molecule has 0 saturated carbocycles. The molecule has 10 heteroatoms. The van der Waals surface area contributed by atoms with E-state index in [0.717, 1.165) is 27.8 Å². The van der Waals surface area contributed by atoms with Gasteiger partial charge >= 0.3 is 6.18 Å². The van der Waals surface area contributed by atoms with E-state index < -0.39 is 11.9 Å². The molecule has 1 fully saturated rings. The maximum absolute atomic E-state index is 13.1. The van der Waals surface area contributed by atoms with Crippen LogP contribution in [0, 0.1) is 5.82 Å². The summed E-state index contributed by atoms with van der Waals surface area (Å²) in [6, 6.07) is 10.5. The average Bonchev–Trinajstić information content (AvgIpc) is 3.35. The van der Waals surface area contributed by atoms with Gasteiger partial charge in [0.1, 0.15) is 17.2 Å². The normalized spacial score (nSPS) is 15.0. The highest BCUT2D eigenvalue weighted by Gasteiger charge is 2.35. The van der Waals surface area contributed by atoms with Crippen LogP contribution < -0.4 is 4.90 Å². The predicted molar refractivity (Wildman–Crippen MR) is 106 cm³/mol. The topological polar surface area (TPSA) is 41.4 Å². The van der Waals surface area contributed by atoms with Crippen molar-refractivity contribution in [2.45, 2.75) is 6.18 Å². The van der Waals surface area contributed by atoms with Crippen molar-refractivity contribution in [1.82, 2.24) is 14.7 Å². The van der Waals surface area contributed by atoms with Crippen molar-refractivity contribution >= 4 is 22.9 Å². The van der Waals surface area contributed by atoms with Gasteiger partial charge in [0.2, 0.25) is 0 Å². The number of aromatic nitrogens is 2. The van der Waals surface area contributed by atoms with Gasteiger partial charge in [-0.3, -0.25) is 9.48 Å². The third kappa shape index (κ3) is 4.04. The molecule has 1 saturated heterocycles. The molecule has 4 rings (SSSR count). The van der Waals surface area contributed by atoms with Crippen molar-refractivity contribution in [1.29, 1.82) is 0 Å². The maximum Gasteiger partial charge on any atom is 0.433 e. The Morgan fingerprint density at radius 2 is 1.70 bits per heavy atom. The Morgan fingerprint density at radius 1 is 1.03 bits per heavy atom. The van der Waals surface area contributed by atoms with Gasteiger partial charge in [0.15, 0.2) is 0 Å². The van der Waals surface area contributed by atoms with E-state index in [-0.39, 0.29) is 17.4 Å². The SMILES string of the molecule is Cn1nc(-c2ccc(C(=O)N3CCN(c4ccc(F)cc4)CC3)s2)cc1C(F)(F)F. The second kappa shape index (κ2) is 7.75. The number of piperazine rings is 1. The lowest BCUT2D eigenvalue weighted by molar-refractivity contribution is -0.143. The number of carbonyl (C=O) groups excluding carboxylic acids is 1. The lowest BCUT2D eigenvalue weighted by Gasteiger charge is -2.36. The van der Waals surface area contributed by atoms with Gasteiger partial charge in [-0.05, 0) is 42.5 Å². The maximum atomic E-state index is 13.1. The number of nitrogens with zero attached hydrogens (tertiary/aromatic N) is 4. The van der Waals surface area contributed by atoms with E-state index in [9.17, 15) is 22.4 Å².